The number of aromatic carboxylic acids is 1. The van der Waals surface area contributed by atoms with E-state index in [4.69, 9.17) is 5.11 Å². The molecule has 1 heterocycles. The lowest BCUT2D eigenvalue weighted by atomic mass is 10.1. The fraction of sp³-hybridized carbons (Fsp3) is 0.688. The summed E-state index contributed by atoms with van der Waals surface area (Å²) in [6.07, 6.45) is 2.08. The van der Waals surface area contributed by atoms with Gasteiger partial charge in [0, 0.05) is 18.8 Å². The molecule has 0 saturated heterocycles. The van der Waals surface area contributed by atoms with Crippen molar-refractivity contribution in [2.45, 2.75) is 47.5 Å². The van der Waals surface area contributed by atoms with Crippen LogP contribution in [0.2, 0.25) is 0 Å². The van der Waals surface area contributed by atoms with Gasteiger partial charge in [-0.1, -0.05) is 27.7 Å². The number of aryl methyl sites for hydroxylation is 1. The molecule has 1 aromatic heterocycles. The van der Waals surface area contributed by atoms with Crippen molar-refractivity contribution in [2.24, 2.45) is 11.8 Å². The molecule has 0 aliphatic heterocycles. The summed E-state index contributed by atoms with van der Waals surface area (Å²) in [6, 6.07) is 1.51. The maximum Gasteiger partial charge on any atom is 0.354 e. The summed E-state index contributed by atoms with van der Waals surface area (Å²) in [5.74, 6) is 0.716. The van der Waals surface area contributed by atoms with Crippen molar-refractivity contribution < 1.29 is 9.90 Å². The molecule has 0 aromatic carbocycles. The second-order valence-corrected chi connectivity index (χ2v) is 6.35. The van der Waals surface area contributed by atoms with Crippen molar-refractivity contribution in [2.75, 3.05) is 18.0 Å². The van der Waals surface area contributed by atoms with Crippen LogP contribution in [0.4, 0.5) is 5.95 Å². The summed E-state index contributed by atoms with van der Waals surface area (Å²) >= 11 is 0. The van der Waals surface area contributed by atoms with Crippen LogP contribution in [0.15, 0.2) is 6.07 Å². The molecule has 5 heteroatoms. The molecule has 0 fully saturated rings. The third-order valence-electron chi connectivity index (χ3n) is 3.30. The number of carbonyl (C=O) groups is 1. The Balaban J connectivity index is 2.97. The van der Waals surface area contributed by atoms with Crippen LogP contribution in [0.25, 0.3) is 0 Å². The Morgan fingerprint density at radius 1 is 1.14 bits per heavy atom. The van der Waals surface area contributed by atoms with Crippen molar-refractivity contribution in [1.82, 2.24) is 9.97 Å². The summed E-state index contributed by atoms with van der Waals surface area (Å²) < 4.78 is 0. The SMILES string of the molecule is Cc1cc(C(=O)O)nc(N(CCC(C)C)CCC(C)C)n1. The van der Waals surface area contributed by atoms with E-state index in [1.54, 1.807) is 6.92 Å². The van der Waals surface area contributed by atoms with E-state index in [-0.39, 0.29) is 5.69 Å². The number of anilines is 1. The Morgan fingerprint density at radius 2 is 1.67 bits per heavy atom. The van der Waals surface area contributed by atoms with E-state index >= 15 is 0 Å². The van der Waals surface area contributed by atoms with Gasteiger partial charge in [0.15, 0.2) is 5.69 Å². The smallest absolute Gasteiger partial charge is 0.354 e. The van der Waals surface area contributed by atoms with Gasteiger partial charge in [-0.3, -0.25) is 0 Å². The summed E-state index contributed by atoms with van der Waals surface area (Å²) in [6.45, 7) is 12.2. The monoisotopic (exact) mass is 293 g/mol. The van der Waals surface area contributed by atoms with Crippen molar-refractivity contribution in [3.05, 3.63) is 17.5 Å². The van der Waals surface area contributed by atoms with Gasteiger partial charge in [0.05, 0.1) is 0 Å². The molecule has 0 aliphatic rings. The molecule has 1 N–H and O–H groups in total. The minimum absolute atomic E-state index is 0.0663. The molecule has 0 bridgehead atoms. The van der Waals surface area contributed by atoms with Crippen molar-refractivity contribution >= 4 is 11.9 Å². The number of carboxylic acids is 1. The van der Waals surface area contributed by atoms with Crippen LogP contribution < -0.4 is 4.90 Å². The number of nitrogens with zero attached hydrogens (tertiary/aromatic N) is 3. The average Bonchev–Trinajstić information content (AvgIpc) is 2.37. The van der Waals surface area contributed by atoms with Crippen LogP contribution >= 0.6 is 0 Å². The summed E-state index contributed by atoms with van der Waals surface area (Å²) in [5.41, 5.74) is 0.757. The molecule has 0 aliphatic carbocycles. The molecule has 0 atom stereocenters. The molecular weight excluding hydrogens is 266 g/mol. The van der Waals surface area contributed by atoms with Crippen molar-refractivity contribution in [3.63, 3.8) is 0 Å². The first-order valence-electron chi connectivity index (χ1n) is 7.63. The van der Waals surface area contributed by atoms with E-state index in [0.717, 1.165) is 25.9 Å². The zero-order chi connectivity index (χ0) is 16.0. The second-order valence-electron chi connectivity index (χ2n) is 6.35. The zero-order valence-electron chi connectivity index (χ0n) is 13.8. The van der Waals surface area contributed by atoms with Gasteiger partial charge in [-0.05, 0) is 37.7 Å². The fourth-order valence-electron chi connectivity index (χ4n) is 1.94. The quantitative estimate of drug-likeness (QED) is 0.796. The van der Waals surface area contributed by atoms with Gasteiger partial charge < -0.3 is 10.0 Å². The molecule has 118 valence electrons. The molecule has 0 unspecified atom stereocenters. The van der Waals surface area contributed by atoms with Crippen molar-refractivity contribution in [3.8, 4) is 0 Å². The fourth-order valence-corrected chi connectivity index (χ4v) is 1.94. The van der Waals surface area contributed by atoms with E-state index < -0.39 is 5.97 Å². The highest BCUT2D eigenvalue weighted by molar-refractivity contribution is 5.85. The van der Waals surface area contributed by atoms with E-state index in [0.29, 0.717) is 23.5 Å². The predicted octanol–water partition coefficient (Wildman–Crippen LogP) is 3.38. The third-order valence-corrected chi connectivity index (χ3v) is 3.30. The van der Waals surface area contributed by atoms with Gasteiger partial charge in [-0.2, -0.15) is 0 Å². The molecular formula is C16H27N3O2. The summed E-state index contributed by atoms with van der Waals surface area (Å²) in [4.78, 5) is 21.9. The van der Waals surface area contributed by atoms with Gasteiger partial charge in [0.1, 0.15) is 0 Å². The average molecular weight is 293 g/mol. The first-order valence-corrected chi connectivity index (χ1v) is 7.63. The van der Waals surface area contributed by atoms with Crippen LogP contribution in [-0.4, -0.2) is 34.1 Å². The Morgan fingerprint density at radius 3 is 2.10 bits per heavy atom. The van der Waals surface area contributed by atoms with E-state index in [1.165, 1.54) is 6.07 Å². The van der Waals surface area contributed by atoms with Crippen LogP contribution in [-0.2, 0) is 0 Å². The Labute approximate surface area is 127 Å². The topological polar surface area (TPSA) is 66.3 Å². The van der Waals surface area contributed by atoms with E-state index in [2.05, 4.69) is 42.6 Å². The van der Waals surface area contributed by atoms with Crippen LogP contribution in [0.5, 0.6) is 0 Å². The van der Waals surface area contributed by atoms with Gasteiger partial charge in [-0.25, -0.2) is 14.8 Å². The number of carboxylic acid groups (broad SMARTS) is 1. The largest absolute Gasteiger partial charge is 0.477 e. The minimum Gasteiger partial charge on any atom is -0.477 e. The van der Waals surface area contributed by atoms with E-state index in [9.17, 15) is 4.79 Å². The molecule has 21 heavy (non-hydrogen) atoms. The number of hydrogen-bond donors (Lipinski definition) is 1. The van der Waals surface area contributed by atoms with E-state index in [1.807, 2.05) is 0 Å². The maximum absolute atomic E-state index is 11.2. The van der Waals surface area contributed by atoms with Gasteiger partial charge in [-0.15, -0.1) is 0 Å². The van der Waals surface area contributed by atoms with Gasteiger partial charge in [0.25, 0.3) is 0 Å². The van der Waals surface area contributed by atoms with Crippen LogP contribution in [0.3, 0.4) is 0 Å². The second kappa shape index (κ2) is 7.96. The lowest BCUT2D eigenvalue weighted by Crippen LogP contribution is -2.30. The normalized spacial score (nSPS) is 11.2. The zero-order valence-corrected chi connectivity index (χ0v) is 13.8. The highest BCUT2D eigenvalue weighted by Crippen LogP contribution is 2.15. The number of aromatic nitrogens is 2. The Kier molecular flexibility index (Phi) is 6.59. The van der Waals surface area contributed by atoms with Crippen LogP contribution in [0, 0.1) is 18.8 Å². The predicted molar refractivity (Wildman–Crippen MR) is 84.9 cm³/mol. The Hall–Kier alpha value is -1.65. The minimum atomic E-state index is -1.01. The number of rotatable bonds is 8. The molecule has 0 amide bonds. The molecule has 0 spiro atoms. The molecule has 0 radical (unpaired) electrons. The first-order chi connectivity index (χ1) is 9.79. The highest BCUT2D eigenvalue weighted by Gasteiger charge is 2.15. The Bertz CT molecular complexity index is 461. The molecule has 5 nitrogen and oxygen atoms in total. The molecule has 1 aromatic rings. The number of hydrogen-bond acceptors (Lipinski definition) is 4. The standard InChI is InChI=1S/C16H27N3O2/c1-11(2)6-8-19(9-7-12(3)4)16-17-13(5)10-14(18-16)15(20)21/h10-12H,6-9H2,1-5H3,(H,20,21). The summed E-state index contributed by atoms with van der Waals surface area (Å²) in [5, 5.41) is 9.14. The first kappa shape index (κ1) is 17.4. The highest BCUT2D eigenvalue weighted by atomic mass is 16.4. The molecule has 0 saturated carbocycles. The third kappa shape index (κ3) is 6.10. The lowest BCUT2D eigenvalue weighted by molar-refractivity contribution is 0.0690. The van der Waals surface area contributed by atoms with Gasteiger partial charge in [0.2, 0.25) is 5.95 Å². The van der Waals surface area contributed by atoms with Gasteiger partial charge >= 0.3 is 5.97 Å². The van der Waals surface area contributed by atoms with Crippen molar-refractivity contribution in [1.29, 1.82) is 0 Å². The summed E-state index contributed by atoms with van der Waals surface area (Å²) in [7, 11) is 0. The van der Waals surface area contributed by atoms with Crippen LogP contribution in [0.1, 0.15) is 56.7 Å². The lowest BCUT2D eigenvalue weighted by Gasteiger charge is -2.25. The molecule has 1 rings (SSSR count). The maximum atomic E-state index is 11.2.